The normalized spacial score (nSPS) is 11.2. The largest absolute Gasteiger partial charge is 0.361 e. The van der Waals surface area contributed by atoms with Crippen LogP contribution >= 0.6 is 15.9 Å². The van der Waals surface area contributed by atoms with Crippen molar-refractivity contribution in [3.05, 3.63) is 74.2 Å². The first-order valence-corrected chi connectivity index (χ1v) is 11.1. The highest BCUT2D eigenvalue weighted by Gasteiger charge is 2.13. The molecule has 4 aromatic rings. The maximum Gasteiger partial charge on any atom is 0.264 e. The quantitative estimate of drug-likeness (QED) is 0.400. The number of carbonyl (C=O) groups excluding carboxylic acids is 1. The SMILES string of the molecule is Cc1noc(C)c1CCC(=O)NCCn1ncc2c(=O)n(Cc3ccc(Br)cc3)cnc21. The Morgan fingerprint density at radius 2 is 2.00 bits per heavy atom. The van der Waals surface area contributed by atoms with E-state index >= 15 is 0 Å². The predicted molar refractivity (Wildman–Crippen MR) is 122 cm³/mol. The molecule has 9 nitrogen and oxygen atoms in total. The number of benzene rings is 1. The topological polar surface area (TPSA) is 108 Å². The Labute approximate surface area is 192 Å². The molecule has 0 fully saturated rings. The first-order chi connectivity index (χ1) is 15.4. The minimum Gasteiger partial charge on any atom is -0.361 e. The van der Waals surface area contributed by atoms with Crippen LogP contribution in [0.5, 0.6) is 0 Å². The lowest BCUT2D eigenvalue weighted by atomic mass is 10.1. The van der Waals surface area contributed by atoms with Gasteiger partial charge in [0.15, 0.2) is 5.65 Å². The number of aryl methyl sites for hydroxylation is 2. The lowest BCUT2D eigenvalue weighted by Crippen LogP contribution is -2.28. The van der Waals surface area contributed by atoms with Crippen molar-refractivity contribution in [1.82, 2.24) is 29.8 Å². The van der Waals surface area contributed by atoms with Gasteiger partial charge in [-0.3, -0.25) is 14.2 Å². The molecule has 0 atom stereocenters. The van der Waals surface area contributed by atoms with Crippen molar-refractivity contribution in [1.29, 1.82) is 0 Å². The van der Waals surface area contributed by atoms with E-state index in [0.29, 0.717) is 43.5 Å². The molecule has 0 unspecified atom stereocenters. The van der Waals surface area contributed by atoms with Gasteiger partial charge in [-0.15, -0.1) is 0 Å². The van der Waals surface area contributed by atoms with Gasteiger partial charge in [0.2, 0.25) is 5.91 Å². The Kier molecular flexibility index (Phi) is 6.50. The Morgan fingerprint density at radius 3 is 2.72 bits per heavy atom. The van der Waals surface area contributed by atoms with Gasteiger partial charge in [0.25, 0.3) is 5.56 Å². The van der Waals surface area contributed by atoms with Crippen LogP contribution in [-0.4, -0.2) is 36.9 Å². The van der Waals surface area contributed by atoms with E-state index in [1.165, 1.54) is 12.5 Å². The molecule has 0 aliphatic carbocycles. The summed E-state index contributed by atoms with van der Waals surface area (Å²) >= 11 is 3.41. The Hall–Kier alpha value is -3.27. The molecule has 1 N–H and O–H groups in total. The van der Waals surface area contributed by atoms with Crippen LogP contribution in [0.3, 0.4) is 0 Å². The zero-order chi connectivity index (χ0) is 22.7. The van der Waals surface area contributed by atoms with Crippen molar-refractivity contribution in [3.63, 3.8) is 0 Å². The summed E-state index contributed by atoms with van der Waals surface area (Å²) in [6.07, 6.45) is 3.99. The van der Waals surface area contributed by atoms with E-state index in [9.17, 15) is 9.59 Å². The van der Waals surface area contributed by atoms with Crippen molar-refractivity contribution in [2.45, 2.75) is 39.8 Å². The molecule has 0 aliphatic rings. The second-order valence-electron chi connectivity index (χ2n) is 7.56. The van der Waals surface area contributed by atoms with Crippen LogP contribution in [0.4, 0.5) is 0 Å². The van der Waals surface area contributed by atoms with Crippen LogP contribution in [0, 0.1) is 13.8 Å². The summed E-state index contributed by atoms with van der Waals surface area (Å²) in [6, 6.07) is 7.79. The highest BCUT2D eigenvalue weighted by molar-refractivity contribution is 9.10. The van der Waals surface area contributed by atoms with Crippen molar-refractivity contribution in [3.8, 4) is 0 Å². The predicted octanol–water partition coefficient (Wildman–Crippen LogP) is 2.76. The summed E-state index contributed by atoms with van der Waals surface area (Å²) in [5.41, 5.74) is 3.15. The molecular formula is C22H23BrN6O3. The summed E-state index contributed by atoms with van der Waals surface area (Å²) in [5.74, 6) is 0.682. The standard InChI is InChI=1S/C22H23BrN6O3/c1-14-18(15(2)32-27-14)7-8-20(30)24-9-10-29-21-19(11-26-29)22(31)28(13-25-21)12-16-3-5-17(23)6-4-16/h3-6,11,13H,7-10,12H2,1-2H3,(H,24,30). The summed E-state index contributed by atoms with van der Waals surface area (Å²) < 4.78 is 9.31. The number of nitrogens with one attached hydrogen (secondary N) is 1. The van der Waals surface area contributed by atoms with Crippen LogP contribution in [0.25, 0.3) is 11.0 Å². The van der Waals surface area contributed by atoms with Gasteiger partial charge in [-0.05, 0) is 38.0 Å². The van der Waals surface area contributed by atoms with Crippen molar-refractivity contribution in [2.75, 3.05) is 6.54 Å². The van der Waals surface area contributed by atoms with Crippen molar-refractivity contribution >= 4 is 32.9 Å². The molecule has 0 aliphatic heterocycles. The average Bonchev–Trinajstić information content (AvgIpc) is 3.33. The van der Waals surface area contributed by atoms with E-state index < -0.39 is 0 Å². The van der Waals surface area contributed by atoms with E-state index in [2.05, 4.69) is 36.5 Å². The molecule has 3 aromatic heterocycles. The number of halogens is 1. The van der Waals surface area contributed by atoms with Crippen LogP contribution in [-0.2, 0) is 24.3 Å². The summed E-state index contributed by atoms with van der Waals surface area (Å²) in [7, 11) is 0. The number of hydrogen-bond donors (Lipinski definition) is 1. The van der Waals surface area contributed by atoms with Gasteiger partial charge in [-0.25, -0.2) is 9.67 Å². The molecule has 10 heteroatoms. The number of fused-ring (bicyclic) bond motifs is 1. The maximum absolute atomic E-state index is 12.8. The van der Waals surface area contributed by atoms with Gasteiger partial charge in [0.1, 0.15) is 17.5 Å². The lowest BCUT2D eigenvalue weighted by Gasteiger charge is -2.08. The lowest BCUT2D eigenvalue weighted by molar-refractivity contribution is -0.121. The Morgan fingerprint density at radius 1 is 1.22 bits per heavy atom. The fourth-order valence-electron chi connectivity index (χ4n) is 3.55. The van der Waals surface area contributed by atoms with Gasteiger partial charge < -0.3 is 9.84 Å². The molecule has 0 bridgehead atoms. The van der Waals surface area contributed by atoms with Gasteiger partial charge in [-0.2, -0.15) is 5.10 Å². The molecule has 0 saturated heterocycles. The molecule has 4 rings (SSSR count). The molecule has 32 heavy (non-hydrogen) atoms. The highest BCUT2D eigenvalue weighted by Crippen LogP contribution is 2.14. The molecule has 1 amide bonds. The minimum absolute atomic E-state index is 0.0636. The third kappa shape index (κ3) is 4.80. The second-order valence-corrected chi connectivity index (χ2v) is 8.48. The summed E-state index contributed by atoms with van der Waals surface area (Å²) in [6.45, 7) is 4.95. The van der Waals surface area contributed by atoms with Crippen molar-refractivity contribution < 1.29 is 9.32 Å². The van der Waals surface area contributed by atoms with Gasteiger partial charge in [-0.1, -0.05) is 33.2 Å². The number of amides is 1. The summed E-state index contributed by atoms with van der Waals surface area (Å²) in [4.78, 5) is 29.4. The summed E-state index contributed by atoms with van der Waals surface area (Å²) in [5, 5.41) is 11.5. The van der Waals surface area contributed by atoms with Crippen LogP contribution in [0.15, 0.2) is 50.6 Å². The maximum atomic E-state index is 12.8. The third-order valence-electron chi connectivity index (χ3n) is 5.32. The van der Waals surface area contributed by atoms with E-state index in [-0.39, 0.29) is 11.5 Å². The van der Waals surface area contributed by atoms with Gasteiger partial charge in [0, 0.05) is 23.0 Å². The minimum atomic E-state index is -0.146. The molecule has 0 spiro atoms. The first-order valence-electron chi connectivity index (χ1n) is 10.3. The molecule has 0 radical (unpaired) electrons. The number of rotatable bonds is 8. The average molecular weight is 499 g/mol. The Bertz CT molecular complexity index is 1290. The molecule has 166 valence electrons. The van der Waals surface area contributed by atoms with Crippen LogP contribution in [0.2, 0.25) is 0 Å². The first kappa shape index (κ1) is 21.9. The number of aromatic nitrogens is 5. The van der Waals surface area contributed by atoms with Gasteiger partial charge >= 0.3 is 0 Å². The smallest absolute Gasteiger partial charge is 0.264 e. The monoisotopic (exact) mass is 498 g/mol. The third-order valence-corrected chi connectivity index (χ3v) is 5.85. The number of hydrogen-bond acceptors (Lipinski definition) is 6. The van der Waals surface area contributed by atoms with Gasteiger partial charge in [0.05, 0.1) is 25.0 Å². The fourth-order valence-corrected chi connectivity index (χ4v) is 3.81. The van der Waals surface area contributed by atoms with E-state index in [0.717, 1.165) is 27.1 Å². The highest BCUT2D eigenvalue weighted by atomic mass is 79.9. The second kappa shape index (κ2) is 9.47. The van der Waals surface area contributed by atoms with Crippen LogP contribution in [0.1, 0.15) is 29.0 Å². The number of nitrogens with zero attached hydrogens (tertiary/aromatic N) is 5. The number of carbonyl (C=O) groups is 1. The zero-order valence-corrected chi connectivity index (χ0v) is 19.4. The van der Waals surface area contributed by atoms with Crippen molar-refractivity contribution in [2.24, 2.45) is 0 Å². The molecular weight excluding hydrogens is 476 g/mol. The van der Waals surface area contributed by atoms with E-state index in [4.69, 9.17) is 4.52 Å². The van der Waals surface area contributed by atoms with Crippen LogP contribution < -0.4 is 10.9 Å². The zero-order valence-electron chi connectivity index (χ0n) is 17.8. The molecule has 3 heterocycles. The molecule has 1 aromatic carbocycles. The van der Waals surface area contributed by atoms with E-state index in [1.807, 2.05) is 38.1 Å². The Balaban J connectivity index is 1.35. The van der Waals surface area contributed by atoms with E-state index in [1.54, 1.807) is 9.25 Å². The fraction of sp³-hybridized carbons (Fsp3) is 0.318. The molecule has 0 saturated carbocycles.